The van der Waals surface area contributed by atoms with E-state index in [0.29, 0.717) is 19.3 Å². The van der Waals surface area contributed by atoms with Gasteiger partial charge in [-0.05, 0) is 122 Å². The average Bonchev–Trinajstić information content (AvgIpc) is 3.31. The highest BCUT2D eigenvalue weighted by Crippen LogP contribution is 2.13. The molecule has 0 rings (SSSR count). The van der Waals surface area contributed by atoms with E-state index in [9.17, 15) is 14.4 Å². The molecule has 1 atom stereocenters. The summed E-state index contributed by atoms with van der Waals surface area (Å²) in [5, 5.41) is 0. The summed E-state index contributed by atoms with van der Waals surface area (Å²) < 4.78 is 16.8. The van der Waals surface area contributed by atoms with Crippen LogP contribution in [0.2, 0.25) is 0 Å². The molecule has 1 unspecified atom stereocenters. The van der Waals surface area contributed by atoms with Crippen molar-refractivity contribution in [2.45, 2.75) is 239 Å². The lowest BCUT2D eigenvalue weighted by Crippen LogP contribution is -2.30. The maximum absolute atomic E-state index is 12.8. The number of unbranched alkanes of at least 4 members (excludes halogenated alkanes) is 18. The van der Waals surface area contributed by atoms with E-state index in [2.05, 4.69) is 130 Å². The first-order valence-electron chi connectivity index (χ1n) is 26.9. The van der Waals surface area contributed by atoms with Gasteiger partial charge in [0, 0.05) is 19.3 Å². The molecule has 0 aromatic heterocycles. The molecule has 66 heavy (non-hydrogen) atoms. The normalized spacial score (nSPS) is 13.0. The Morgan fingerprint density at radius 1 is 0.318 bits per heavy atom. The van der Waals surface area contributed by atoms with Crippen molar-refractivity contribution in [1.82, 2.24) is 0 Å². The fraction of sp³-hybridized carbons (Fsp3) is 0.650. The van der Waals surface area contributed by atoms with Gasteiger partial charge in [-0.15, -0.1) is 0 Å². The highest BCUT2D eigenvalue weighted by atomic mass is 16.6. The smallest absolute Gasteiger partial charge is 0.306 e. The van der Waals surface area contributed by atoms with Gasteiger partial charge in [0.2, 0.25) is 0 Å². The van der Waals surface area contributed by atoms with Crippen LogP contribution in [0.3, 0.4) is 0 Å². The van der Waals surface area contributed by atoms with Gasteiger partial charge in [-0.2, -0.15) is 0 Å². The fourth-order valence-electron chi connectivity index (χ4n) is 7.01. The summed E-state index contributed by atoms with van der Waals surface area (Å²) in [4.78, 5) is 38.0. The van der Waals surface area contributed by atoms with Crippen molar-refractivity contribution < 1.29 is 28.6 Å². The van der Waals surface area contributed by atoms with E-state index in [0.717, 1.165) is 116 Å². The summed E-state index contributed by atoms with van der Waals surface area (Å²) in [6.07, 6.45) is 72.2. The summed E-state index contributed by atoms with van der Waals surface area (Å²) in [5.41, 5.74) is 0. The molecule has 374 valence electrons. The Bertz CT molecular complexity index is 1370. The van der Waals surface area contributed by atoms with Crippen LogP contribution in [-0.2, 0) is 28.6 Å². The molecule has 0 aromatic rings. The number of ether oxygens (including phenoxy) is 3. The molecule has 6 nitrogen and oxygen atoms in total. The zero-order chi connectivity index (χ0) is 47.9. The first-order valence-corrected chi connectivity index (χ1v) is 26.9. The quantitative estimate of drug-likeness (QED) is 0.0262. The summed E-state index contributed by atoms with van der Waals surface area (Å²) >= 11 is 0. The van der Waals surface area contributed by atoms with Gasteiger partial charge in [0.25, 0.3) is 0 Å². The zero-order valence-corrected chi connectivity index (χ0v) is 42.7. The van der Waals surface area contributed by atoms with Gasteiger partial charge in [0.15, 0.2) is 6.10 Å². The highest BCUT2D eigenvalue weighted by molar-refractivity contribution is 5.71. The van der Waals surface area contributed by atoms with Crippen molar-refractivity contribution >= 4 is 17.9 Å². The van der Waals surface area contributed by atoms with E-state index in [1.807, 2.05) is 0 Å². The maximum Gasteiger partial charge on any atom is 0.306 e. The minimum Gasteiger partial charge on any atom is -0.462 e. The van der Waals surface area contributed by atoms with Gasteiger partial charge >= 0.3 is 17.9 Å². The van der Waals surface area contributed by atoms with E-state index < -0.39 is 6.10 Å². The first kappa shape index (κ1) is 62.1. The van der Waals surface area contributed by atoms with Crippen LogP contribution in [0.1, 0.15) is 233 Å². The van der Waals surface area contributed by atoms with Gasteiger partial charge in [0.1, 0.15) is 13.2 Å². The standard InChI is InChI=1S/C60H98O6/c1-4-7-10-13-16-19-22-25-27-29-30-32-33-35-38-41-44-47-50-53-59(62)65-56-57(55-64-58(61)52-49-46-43-40-37-24-21-18-15-12-9-6-3)66-60(63)54-51-48-45-42-39-36-34-31-28-26-23-20-17-14-11-8-5-2/h7,9-10,12,16,18-19,21,25-28,30,32,35,37-38,40,57H,4-6,8,11,13-15,17,20,22-24,29,31,33-34,36,39,41-56H2,1-3H3/b10-7-,12-9-,19-16-,21-18-,27-25-,28-26-,32-30-,38-35-,40-37-. The van der Waals surface area contributed by atoms with Crippen molar-refractivity contribution in [1.29, 1.82) is 0 Å². The molecule has 0 spiro atoms. The molecule has 0 N–H and O–H groups in total. The lowest BCUT2D eigenvalue weighted by atomic mass is 10.1. The van der Waals surface area contributed by atoms with Crippen molar-refractivity contribution in [3.8, 4) is 0 Å². The van der Waals surface area contributed by atoms with E-state index in [4.69, 9.17) is 14.2 Å². The van der Waals surface area contributed by atoms with E-state index >= 15 is 0 Å². The van der Waals surface area contributed by atoms with Crippen molar-refractivity contribution in [2.75, 3.05) is 13.2 Å². The number of esters is 3. The minimum absolute atomic E-state index is 0.111. The van der Waals surface area contributed by atoms with Crippen LogP contribution in [-0.4, -0.2) is 37.2 Å². The summed E-state index contributed by atoms with van der Waals surface area (Å²) in [7, 11) is 0. The Balaban J connectivity index is 4.48. The Hall–Kier alpha value is -3.93. The minimum atomic E-state index is -0.811. The van der Waals surface area contributed by atoms with Gasteiger partial charge in [-0.25, -0.2) is 0 Å². The zero-order valence-electron chi connectivity index (χ0n) is 42.7. The van der Waals surface area contributed by atoms with Crippen LogP contribution >= 0.6 is 0 Å². The van der Waals surface area contributed by atoms with Crippen molar-refractivity contribution in [3.05, 3.63) is 109 Å². The lowest BCUT2D eigenvalue weighted by molar-refractivity contribution is -0.167. The van der Waals surface area contributed by atoms with E-state index in [1.54, 1.807) is 0 Å². The number of carbonyl (C=O) groups excluding carboxylic acids is 3. The molecule has 0 aliphatic heterocycles. The Labute approximate surface area is 406 Å². The monoisotopic (exact) mass is 915 g/mol. The van der Waals surface area contributed by atoms with Gasteiger partial charge in [0.05, 0.1) is 0 Å². The van der Waals surface area contributed by atoms with Crippen LogP contribution in [0.4, 0.5) is 0 Å². The van der Waals surface area contributed by atoms with Crippen molar-refractivity contribution in [3.63, 3.8) is 0 Å². The third-order valence-electron chi connectivity index (χ3n) is 11.0. The molecule has 0 heterocycles. The molecular weight excluding hydrogens is 817 g/mol. The fourth-order valence-corrected chi connectivity index (χ4v) is 7.01. The molecule has 6 heteroatoms. The second-order valence-electron chi connectivity index (χ2n) is 17.4. The van der Waals surface area contributed by atoms with Gasteiger partial charge in [-0.3, -0.25) is 14.4 Å². The van der Waals surface area contributed by atoms with Crippen LogP contribution in [0.25, 0.3) is 0 Å². The third-order valence-corrected chi connectivity index (χ3v) is 11.0. The first-order chi connectivity index (χ1) is 32.5. The molecule has 0 bridgehead atoms. The molecule has 0 fully saturated rings. The predicted octanol–water partition coefficient (Wildman–Crippen LogP) is 17.9. The lowest BCUT2D eigenvalue weighted by Gasteiger charge is -2.18. The van der Waals surface area contributed by atoms with E-state index in [-0.39, 0.29) is 31.1 Å². The Morgan fingerprint density at radius 2 is 0.591 bits per heavy atom. The van der Waals surface area contributed by atoms with Crippen molar-refractivity contribution in [2.24, 2.45) is 0 Å². The van der Waals surface area contributed by atoms with Crippen LogP contribution < -0.4 is 0 Å². The number of rotatable bonds is 47. The Kier molecular flexibility index (Phi) is 50.5. The van der Waals surface area contributed by atoms with Crippen LogP contribution in [0.5, 0.6) is 0 Å². The molecule has 0 amide bonds. The molecule has 0 aliphatic carbocycles. The molecule has 0 saturated heterocycles. The largest absolute Gasteiger partial charge is 0.462 e. The number of hydrogen-bond acceptors (Lipinski definition) is 6. The summed E-state index contributed by atoms with van der Waals surface area (Å²) in [5.74, 6) is -0.988. The average molecular weight is 915 g/mol. The topological polar surface area (TPSA) is 78.9 Å². The predicted molar refractivity (Wildman–Crippen MR) is 283 cm³/mol. The molecule has 0 saturated carbocycles. The molecule has 0 aliphatic rings. The second-order valence-corrected chi connectivity index (χ2v) is 17.4. The number of allylic oxidation sites excluding steroid dienone is 18. The van der Waals surface area contributed by atoms with Crippen LogP contribution in [0, 0.1) is 0 Å². The molecule has 0 aromatic carbocycles. The van der Waals surface area contributed by atoms with E-state index in [1.165, 1.54) is 77.0 Å². The van der Waals surface area contributed by atoms with Gasteiger partial charge < -0.3 is 14.2 Å². The third kappa shape index (κ3) is 51.1. The number of hydrogen-bond donors (Lipinski definition) is 0. The highest BCUT2D eigenvalue weighted by Gasteiger charge is 2.19. The Morgan fingerprint density at radius 3 is 0.985 bits per heavy atom. The molecule has 0 radical (unpaired) electrons. The van der Waals surface area contributed by atoms with Gasteiger partial charge in [-0.1, -0.05) is 201 Å². The summed E-state index contributed by atoms with van der Waals surface area (Å²) in [6, 6.07) is 0. The van der Waals surface area contributed by atoms with Crippen LogP contribution in [0.15, 0.2) is 109 Å². The second kappa shape index (κ2) is 53.7. The molecular formula is C60H98O6. The number of carbonyl (C=O) groups is 3. The summed E-state index contributed by atoms with van der Waals surface area (Å²) in [6.45, 7) is 6.33. The maximum atomic E-state index is 12.8. The SMILES string of the molecule is CC/C=C\C/C=C\C/C=C\C/C=C\C/C=C\CCCCCC(=O)OCC(COC(=O)CCCC/C=C\C/C=C\C/C=C\CC)OC(=O)CCCCCCCCC/C=C\CCCCCCCC.